The first-order valence-electron chi connectivity index (χ1n) is 7.28. The summed E-state index contributed by atoms with van der Waals surface area (Å²) >= 11 is 0. The van der Waals surface area contributed by atoms with Gasteiger partial charge in [0, 0.05) is 0 Å². The van der Waals surface area contributed by atoms with Gasteiger partial charge >= 0.3 is 11.9 Å². The fraction of sp³-hybridized carbons (Fsp3) is 0. The van der Waals surface area contributed by atoms with Gasteiger partial charge in [0.2, 0.25) is 0 Å². The van der Waals surface area contributed by atoms with Gasteiger partial charge in [0.1, 0.15) is 16.9 Å². The molecule has 0 saturated heterocycles. The van der Waals surface area contributed by atoms with Gasteiger partial charge in [-0.1, -0.05) is 18.2 Å². The van der Waals surface area contributed by atoms with Crippen LogP contribution in [0.3, 0.4) is 0 Å². The maximum absolute atomic E-state index is 11.5. The molecule has 0 bridgehead atoms. The van der Waals surface area contributed by atoms with Crippen molar-refractivity contribution in [3.63, 3.8) is 0 Å². The van der Waals surface area contributed by atoms with Crippen LogP contribution >= 0.6 is 0 Å². The monoisotopic (exact) mass is 374 g/mol. The van der Waals surface area contributed by atoms with Crippen LogP contribution in [-0.4, -0.2) is 47.7 Å². The van der Waals surface area contributed by atoms with E-state index in [1.54, 1.807) is 0 Å². The fourth-order valence-electron chi connectivity index (χ4n) is 2.27. The largest absolute Gasteiger partial charge is 0.508 e. The second-order valence-electron chi connectivity index (χ2n) is 5.31. The summed E-state index contributed by atoms with van der Waals surface area (Å²) in [6.45, 7) is 0. The number of phenolic OH excluding ortho intramolecular Hbond substituents is 3. The number of aliphatic hydroxyl groups is 2. The molecule has 9 nitrogen and oxygen atoms in total. The predicted molar refractivity (Wildman–Crippen MR) is 92.2 cm³/mol. The van der Waals surface area contributed by atoms with Crippen LogP contribution in [0.2, 0.25) is 0 Å². The van der Waals surface area contributed by atoms with Gasteiger partial charge in [-0.15, -0.1) is 0 Å². The molecule has 0 amide bonds. The number of carboxylic acid groups (broad SMARTS) is 2. The fourth-order valence-corrected chi connectivity index (χ4v) is 2.27. The second-order valence-corrected chi connectivity index (χ2v) is 5.31. The molecular formula is C18H14O9. The number of aliphatic hydroxyl groups excluding tert-OH is 2. The number of aromatic hydroxyl groups is 3. The highest BCUT2D eigenvalue weighted by Gasteiger charge is 2.26. The van der Waals surface area contributed by atoms with Crippen molar-refractivity contribution >= 4 is 23.1 Å². The molecule has 0 unspecified atom stereocenters. The molecule has 0 aliphatic rings. The van der Waals surface area contributed by atoms with Crippen LogP contribution < -0.4 is 0 Å². The van der Waals surface area contributed by atoms with Crippen LogP contribution in [0.4, 0.5) is 0 Å². The molecule has 0 atom stereocenters. The quantitative estimate of drug-likeness (QED) is 0.179. The summed E-state index contributed by atoms with van der Waals surface area (Å²) in [6.07, 6.45) is 0. The summed E-state index contributed by atoms with van der Waals surface area (Å²) in [5.74, 6) is -7.29. The van der Waals surface area contributed by atoms with Crippen LogP contribution in [0.15, 0.2) is 54.0 Å². The summed E-state index contributed by atoms with van der Waals surface area (Å²) in [7, 11) is 0. The normalized spacial score (nSPS) is 12.7. The molecule has 0 fully saturated rings. The van der Waals surface area contributed by atoms with E-state index in [0.29, 0.717) is 0 Å². The Hall–Kier alpha value is -4.14. The molecule has 2 aromatic rings. The molecule has 140 valence electrons. The van der Waals surface area contributed by atoms with E-state index in [2.05, 4.69) is 0 Å². The number of aliphatic carboxylic acids is 2. The molecule has 0 radical (unpaired) electrons. The molecule has 0 aliphatic heterocycles. The smallest absolute Gasteiger partial charge is 0.340 e. The summed E-state index contributed by atoms with van der Waals surface area (Å²) < 4.78 is 0. The maximum atomic E-state index is 11.5. The van der Waals surface area contributed by atoms with E-state index in [-0.39, 0.29) is 16.9 Å². The number of rotatable bonds is 5. The summed E-state index contributed by atoms with van der Waals surface area (Å²) in [4.78, 5) is 23.1. The minimum absolute atomic E-state index is 0.109. The highest BCUT2D eigenvalue weighted by Crippen LogP contribution is 2.32. The molecule has 7 N–H and O–H groups in total. The molecule has 0 spiro atoms. The zero-order valence-corrected chi connectivity index (χ0v) is 13.5. The van der Waals surface area contributed by atoms with Gasteiger partial charge in [0.25, 0.3) is 0 Å². The summed E-state index contributed by atoms with van der Waals surface area (Å²) in [6, 6.07) is 7.40. The lowest BCUT2D eigenvalue weighted by molar-refractivity contribution is -0.131. The van der Waals surface area contributed by atoms with Crippen molar-refractivity contribution in [2.75, 3.05) is 0 Å². The highest BCUT2D eigenvalue weighted by molar-refractivity contribution is 6.20. The topological polar surface area (TPSA) is 176 Å². The Morgan fingerprint density at radius 1 is 0.593 bits per heavy atom. The minimum atomic E-state index is -1.72. The molecule has 27 heavy (non-hydrogen) atoms. The van der Waals surface area contributed by atoms with E-state index in [9.17, 15) is 45.3 Å². The number of benzene rings is 2. The molecule has 9 heteroatoms. The van der Waals surface area contributed by atoms with Crippen LogP contribution in [0, 0.1) is 0 Å². The van der Waals surface area contributed by atoms with Crippen molar-refractivity contribution in [3.8, 4) is 17.2 Å². The predicted octanol–water partition coefficient (Wildman–Crippen LogP) is 2.21. The van der Waals surface area contributed by atoms with Crippen molar-refractivity contribution in [3.05, 3.63) is 65.1 Å². The average Bonchev–Trinajstić information content (AvgIpc) is 2.59. The summed E-state index contributed by atoms with van der Waals surface area (Å²) in [5, 5.41) is 67.3. The standard InChI is InChI=1S/C18H14O9/c19-10-4-1-8(2-5-10)13(17(24)25)15(22)16(23)14(18(26)27)9-3-6-11(20)12(21)7-9/h1-7,19-23H,(H,24,25)(H,26,27)/b15-13?,16-14+. The molecule has 0 aromatic heterocycles. The van der Waals surface area contributed by atoms with E-state index >= 15 is 0 Å². The van der Waals surface area contributed by atoms with Crippen molar-refractivity contribution in [1.29, 1.82) is 0 Å². The average molecular weight is 374 g/mol. The van der Waals surface area contributed by atoms with Crippen LogP contribution in [0.5, 0.6) is 17.2 Å². The minimum Gasteiger partial charge on any atom is -0.508 e. The second kappa shape index (κ2) is 7.40. The van der Waals surface area contributed by atoms with Crippen LogP contribution in [-0.2, 0) is 9.59 Å². The third kappa shape index (κ3) is 3.93. The van der Waals surface area contributed by atoms with Gasteiger partial charge in [0.05, 0.1) is 0 Å². The van der Waals surface area contributed by atoms with Gasteiger partial charge in [-0.05, 0) is 35.4 Å². The first-order valence-corrected chi connectivity index (χ1v) is 7.28. The van der Waals surface area contributed by atoms with Crippen molar-refractivity contribution in [2.45, 2.75) is 0 Å². The zero-order chi connectivity index (χ0) is 20.3. The van der Waals surface area contributed by atoms with Gasteiger partial charge in [-0.2, -0.15) is 0 Å². The van der Waals surface area contributed by atoms with Gasteiger partial charge in [0.15, 0.2) is 23.0 Å². The number of carbonyl (C=O) groups is 2. The Balaban J connectivity index is 2.75. The van der Waals surface area contributed by atoms with Crippen molar-refractivity contribution in [2.24, 2.45) is 0 Å². The Morgan fingerprint density at radius 2 is 1.04 bits per heavy atom. The zero-order valence-electron chi connectivity index (χ0n) is 13.5. The number of hydrogen-bond donors (Lipinski definition) is 7. The Bertz CT molecular complexity index is 969. The van der Waals surface area contributed by atoms with E-state index < -0.39 is 46.1 Å². The molecule has 0 saturated carbocycles. The van der Waals surface area contributed by atoms with E-state index in [0.717, 1.165) is 42.5 Å². The van der Waals surface area contributed by atoms with E-state index in [1.165, 1.54) is 0 Å². The lowest BCUT2D eigenvalue weighted by Crippen LogP contribution is -2.10. The first-order chi connectivity index (χ1) is 12.6. The van der Waals surface area contributed by atoms with Crippen LogP contribution in [0.25, 0.3) is 11.1 Å². The van der Waals surface area contributed by atoms with Gasteiger partial charge in [-0.3, -0.25) is 0 Å². The Labute approximate surface area is 151 Å². The summed E-state index contributed by atoms with van der Waals surface area (Å²) in [5.41, 5.74) is -2.12. The number of carboxylic acids is 2. The number of phenols is 3. The number of hydrogen-bond acceptors (Lipinski definition) is 7. The molecule has 2 aromatic carbocycles. The van der Waals surface area contributed by atoms with E-state index in [1.807, 2.05) is 0 Å². The maximum Gasteiger partial charge on any atom is 0.340 e. The van der Waals surface area contributed by atoms with Crippen molar-refractivity contribution < 1.29 is 45.3 Å². The molecular weight excluding hydrogens is 360 g/mol. The highest BCUT2D eigenvalue weighted by atomic mass is 16.4. The SMILES string of the molecule is O=C(O)C(=C(O)/C(O)=C(\C(=O)O)c1ccc(O)c(O)c1)c1ccc(O)cc1. The molecule has 2 rings (SSSR count). The molecule has 0 aliphatic carbocycles. The van der Waals surface area contributed by atoms with Gasteiger partial charge in [-0.25, -0.2) is 9.59 Å². The van der Waals surface area contributed by atoms with Gasteiger partial charge < -0.3 is 35.7 Å². The lowest BCUT2D eigenvalue weighted by atomic mass is 9.99. The Morgan fingerprint density at radius 3 is 1.48 bits per heavy atom. The Kier molecular flexibility index (Phi) is 5.26. The third-order valence-electron chi connectivity index (χ3n) is 3.55. The van der Waals surface area contributed by atoms with E-state index in [4.69, 9.17) is 0 Å². The van der Waals surface area contributed by atoms with Crippen molar-refractivity contribution in [1.82, 2.24) is 0 Å². The first kappa shape index (κ1) is 19.2. The third-order valence-corrected chi connectivity index (χ3v) is 3.55. The molecule has 0 heterocycles. The van der Waals surface area contributed by atoms with Crippen LogP contribution in [0.1, 0.15) is 11.1 Å². The lowest BCUT2D eigenvalue weighted by Gasteiger charge is -2.11.